The number of nitrogens with zero attached hydrogens (tertiary/aromatic N) is 6. The van der Waals surface area contributed by atoms with Crippen LogP contribution in [0.4, 0.5) is 11.4 Å². The first-order valence-corrected chi connectivity index (χ1v) is 16.7. The standard InChI is InChI=1S/2C17H19N5O2.2ClH/c2*1-10-17(23)20-19-16-9-24-15-6-11-3-5-21(12-2-4-18-8-12)13(11)7-14(15)22(10)16;;/h2*3,5-7,10,12,18H,2,4,8-9H2,1H3,(H,20,23);2*1H/t10-,12+;10-,12-;;/m11../s1. The number of nitrogens with one attached hydrogen (secondary N) is 4. The molecule has 0 saturated carbocycles. The van der Waals surface area contributed by atoms with Crippen LogP contribution in [0.1, 0.15) is 38.8 Å². The Morgan fingerprint density at radius 3 is 1.52 bits per heavy atom. The van der Waals surface area contributed by atoms with Crippen molar-refractivity contribution in [2.75, 3.05) is 49.2 Å². The lowest BCUT2D eigenvalue weighted by Gasteiger charge is -2.38. The Morgan fingerprint density at radius 1 is 0.680 bits per heavy atom. The first-order chi connectivity index (χ1) is 23.4. The fourth-order valence-electron chi connectivity index (χ4n) is 7.74. The van der Waals surface area contributed by atoms with Crippen molar-refractivity contribution in [3.05, 3.63) is 48.8 Å². The molecule has 4 atom stereocenters. The molecule has 4 N–H and O–H groups in total. The highest BCUT2D eigenvalue weighted by molar-refractivity contribution is 6.11. The van der Waals surface area contributed by atoms with Gasteiger partial charge in [-0.1, -0.05) is 0 Å². The molecule has 6 aliphatic heterocycles. The van der Waals surface area contributed by atoms with E-state index in [2.05, 4.69) is 89.6 Å². The minimum absolute atomic E-state index is 0. The third-order valence-corrected chi connectivity index (χ3v) is 10.4. The number of amides is 2. The normalized spacial score (nSPS) is 24.8. The first-order valence-electron chi connectivity index (χ1n) is 16.7. The van der Waals surface area contributed by atoms with Crippen LogP contribution in [0.25, 0.3) is 21.8 Å². The minimum Gasteiger partial charge on any atom is -0.483 e. The first kappa shape index (κ1) is 34.0. The second-order valence-corrected chi connectivity index (χ2v) is 13.2. The fraction of sp³-hybridized carbons (Fsp3) is 0.412. The van der Waals surface area contributed by atoms with Gasteiger partial charge in [-0.2, -0.15) is 10.2 Å². The monoisotopic (exact) mass is 722 g/mol. The van der Waals surface area contributed by atoms with Crippen molar-refractivity contribution >= 4 is 81.5 Å². The highest BCUT2D eigenvalue weighted by Gasteiger charge is 2.37. The van der Waals surface area contributed by atoms with Crippen LogP contribution < -0.4 is 40.8 Å². The number of hydrogen-bond donors (Lipinski definition) is 4. The smallest absolute Gasteiger partial charge is 0.262 e. The van der Waals surface area contributed by atoms with E-state index in [0.717, 1.165) is 84.3 Å². The van der Waals surface area contributed by atoms with Crippen LogP contribution in [-0.4, -0.2) is 84.1 Å². The highest BCUT2D eigenvalue weighted by Crippen LogP contribution is 2.41. The van der Waals surface area contributed by atoms with Crippen molar-refractivity contribution in [3.63, 3.8) is 0 Å². The summed E-state index contributed by atoms with van der Waals surface area (Å²) in [7, 11) is 0. The van der Waals surface area contributed by atoms with Crippen LogP contribution in [0.2, 0.25) is 0 Å². The number of fused-ring (bicyclic) bond motifs is 8. The molecule has 6 aliphatic rings. The summed E-state index contributed by atoms with van der Waals surface area (Å²) in [5.41, 5.74) is 9.31. The molecule has 14 nitrogen and oxygen atoms in total. The lowest BCUT2D eigenvalue weighted by atomic mass is 10.1. The van der Waals surface area contributed by atoms with Gasteiger partial charge in [0, 0.05) is 48.3 Å². The molecule has 0 bridgehead atoms. The molecule has 0 unspecified atom stereocenters. The van der Waals surface area contributed by atoms with Crippen LogP contribution in [0.5, 0.6) is 11.5 Å². The summed E-state index contributed by atoms with van der Waals surface area (Å²) >= 11 is 0. The van der Waals surface area contributed by atoms with Crippen LogP contribution in [-0.2, 0) is 9.59 Å². The molecule has 2 amide bonds. The van der Waals surface area contributed by atoms with Gasteiger partial charge in [0.05, 0.1) is 22.4 Å². The predicted octanol–water partition coefficient (Wildman–Crippen LogP) is 3.26. The van der Waals surface area contributed by atoms with E-state index in [1.165, 1.54) is 11.0 Å². The minimum atomic E-state index is -0.297. The van der Waals surface area contributed by atoms with E-state index in [-0.39, 0.29) is 48.7 Å². The van der Waals surface area contributed by atoms with E-state index < -0.39 is 0 Å². The van der Waals surface area contributed by atoms with Crippen LogP contribution in [0, 0.1) is 0 Å². The number of carbonyl (C=O) groups is 2. The van der Waals surface area contributed by atoms with Gasteiger partial charge in [-0.15, -0.1) is 24.8 Å². The number of aromatic nitrogens is 2. The molecule has 50 heavy (non-hydrogen) atoms. The number of amidine groups is 2. The molecule has 4 aromatic rings. The van der Waals surface area contributed by atoms with Gasteiger partial charge in [0.2, 0.25) is 0 Å². The van der Waals surface area contributed by atoms with Crippen molar-refractivity contribution in [3.8, 4) is 11.5 Å². The fourth-order valence-corrected chi connectivity index (χ4v) is 7.74. The summed E-state index contributed by atoms with van der Waals surface area (Å²) in [4.78, 5) is 28.0. The molecule has 2 fully saturated rings. The highest BCUT2D eigenvalue weighted by atomic mass is 35.5. The number of benzene rings is 2. The maximum atomic E-state index is 12.0. The average Bonchev–Trinajstić information content (AvgIpc) is 3.93. The summed E-state index contributed by atoms with van der Waals surface area (Å²) in [5.74, 6) is 2.92. The molecule has 16 heteroatoms. The third kappa shape index (κ3) is 5.50. The number of anilines is 2. The van der Waals surface area contributed by atoms with Crippen LogP contribution >= 0.6 is 24.8 Å². The molecular formula is C34H40Cl2N10O4. The number of rotatable bonds is 2. The van der Waals surface area contributed by atoms with Gasteiger partial charge < -0.3 is 39.0 Å². The van der Waals surface area contributed by atoms with Gasteiger partial charge in [0.15, 0.2) is 11.7 Å². The van der Waals surface area contributed by atoms with Crippen LogP contribution in [0.15, 0.2) is 59.0 Å². The number of carbonyl (C=O) groups excluding carboxylic acids is 2. The molecule has 2 aromatic heterocycles. The number of ether oxygens (including phenoxy) is 2. The van der Waals surface area contributed by atoms with Gasteiger partial charge >= 0.3 is 0 Å². The third-order valence-electron chi connectivity index (χ3n) is 10.4. The average molecular weight is 724 g/mol. The second-order valence-electron chi connectivity index (χ2n) is 13.2. The lowest BCUT2D eigenvalue weighted by molar-refractivity contribution is -0.123. The van der Waals surface area contributed by atoms with Crippen molar-refractivity contribution in [1.29, 1.82) is 0 Å². The Labute approximate surface area is 301 Å². The molecule has 0 radical (unpaired) electrons. The maximum Gasteiger partial charge on any atom is 0.262 e. The van der Waals surface area contributed by atoms with Crippen molar-refractivity contribution < 1.29 is 19.1 Å². The van der Waals surface area contributed by atoms with E-state index in [9.17, 15) is 9.59 Å². The van der Waals surface area contributed by atoms with Gasteiger partial charge in [0.25, 0.3) is 11.8 Å². The summed E-state index contributed by atoms with van der Waals surface area (Å²) in [6.07, 6.45) is 6.56. The Balaban J connectivity index is 0.000000151. The SMILES string of the molecule is C[C@@H]1C(=O)NN=C2COc3cc4ccn([C@@H]5CCNC5)c4cc3N21.C[C@@H]1C(=O)NN=C2COc3cc4ccn([C@H]5CCNC5)c4cc3N21.Cl.Cl. The van der Waals surface area contributed by atoms with Gasteiger partial charge in [-0.25, -0.2) is 10.9 Å². The Bertz CT molecular complexity index is 1890. The maximum absolute atomic E-state index is 12.0. The Kier molecular flexibility index (Phi) is 9.05. The van der Waals surface area contributed by atoms with Crippen molar-refractivity contribution in [2.45, 2.75) is 50.9 Å². The molecule has 8 heterocycles. The largest absolute Gasteiger partial charge is 0.483 e. The Hall–Kier alpha value is -4.50. The summed E-state index contributed by atoms with van der Waals surface area (Å²) in [5, 5.41) is 17.5. The van der Waals surface area contributed by atoms with E-state index in [0.29, 0.717) is 25.3 Å². The zero-order valence-corrected chi connectivity index (χ0v) is 29.4. The quantitative estimate of drug-likeness (QED) is 0.247. The zero-order valence-electron chi connectivity index (χ0n) is 27.7. The molecule has 2 saturated heterocycles. The molecular weight excluding hydrogens is 683 g/mol. The second kappa shape index (κ2) is 13.3. The lowest BCUT2D eigenvalue weighted by Crippen LogP contribution is -2.55. The van der Waals surface area contributed by atoms with Crippen molar-refractivity contribution in [2.24, 2.45) is 10.2 Å². The number of hydrazone groups is 2. The predicted molar refractivity (Wildman–Crippen MR) is 197 cm³/mol. The molecule has 0 spiro atoms. The topological polar surface area (TPSA) is 142 Å². The van der Waals surface area contributed by atoms with Gasteiger partial charge in [-0.3, -0.25) is 9.59 Å². The molecule has 0 aliphatic carbocycles. The number of halogens is 2. The zero-order chi connectivity index (χ0) is 32.5. The molecule has 264 valence electrons. The summed E-state index contributed by atoms with van der Waals surface area (Å²) in [6.45, 7) is 8.62. The number of hydrogen-bond acceptors (Lipinski definition) is 10. The van der Waals surface area contributed by atoms with E-state index in [1.807, 2.05) is 23.6 Å². The molecule has 2 aromatic carbocycles. The van der Waals surface area contributed by atoms with Gasteiger partial charge in [0.1, 0.15) is 36.8 Å². The Morgan fingerprint density at radius 2 is 1.12 bits per heavy atom. The molecule has 10 rings (SSSR count). The van der Waals surface area contributed by atoms with E-state index >= 15 is 0 Å². The summed E-state index contributed by atoms with van der Waals surface area (Å²) in [6, 6.07) is 13.0. The van der Waals surface area contributed by atoms with E-state index in [1.54, 1.807) is 0 Å². The van der Waals surface area contributed by atoms with Crippen molar-refractivity contribution in [1.82, 2.24) is 30.6 Å². The summed E-state index contributed by atoms with van der Waals surface area (Å²) < 4.78 is 16.4. The van der Waals surface area contributed by atoms with E-state index in [4.69, 9.17) is 9.47 Å². The van der Waals surface area contributed by atoms with Gasteiger partial charge in [-0.05, 0) is 76.2 Å². The van der Waals surface area contributed by atoms with Crippen LogP contribution in [0.3, 0.4) is 0 Å².